The van der Waals surface area contributed by atoms with Crippen LogP contribution >= 0.6 is 0 Å². The van der Waals surface area contributed by atoms with E-state index in [-0.39, 0.29) is 0 Å². The van der Waals surface area contributed by atoms with Gasteiger partial charge >= 0.3 is 0 Å². The van der Waals surface area contributed by atoms with E-state index in [4.69, 9.17) is 0 Å². The molecule has 0 saturated carbocycles. The van der Waals surface area contributed by atoms with Crippen LogP contribution in [-0.2, 0) is 0 Å². The molecule has 2 heterocycles. The topological polar surface area (TPSA) is 28.0 Å². The third-order valence-electron chi connectivity index (χ3n) is 2.30. The number of hydrogen-bond acceptors (Lipinski definition) is 3. The van der Waals surface area contributed by atoms with Gasteiger partial charge in [-0.1, -0.05) is 13.8 Å². The van der Waals surface area contributed by atoms with Crippen molar-refractivity contribution < 1.29 is 0 Å². The summed E-state index contributed by atoms with van der Waals surface area (Å²) in [7, 11) is 2.14. The standard InChI is InChI=1S/C8H13N3.C2H6/c1-11-4-2-3-7-8(5-11)10-6-9-7;1-2/h6-7H,2-5H2,1H3;1-2H3. The van der Waals surface area contributed by atoms with Gasteiger partial charge in [-0.25, -0.2) is 4.99 Å². The minimum absolute atomic E-state index is 0.417. The zero-order valence-electron chi connectivity index (χ0n) is 8.82. The molecule has 0 spiro atoms. The lowest BCUT2D eigenvalue weighted by molar-refractivity contribution is 0.382. The van der Waals surface area contributed by atoms with Crippen LogP contribution in [0.3, 0.4) is 0 Å². The molecule has 0 radical (unpaired) electrons. The Bertz CT molecular complexity index is 208. The van der Waals surface area contributed by atoms with Crippen LogP contribution < -0.4 is 0 Å². The Balaban J connectivity index is 0.000000396. The van der Waals surface area contributed by atoms with Gasteiger partial charge in [0.25, 0.3) is 0 Å². The highest BCUT2D eigenvalue weighted by atomic mass is 15.1. The average molecular weight is 181 g/mol. The molecule has 0 bridgehead atoms. The van der Waals surface area contributed by atoms with Gasteiger partial charge in [-0.2, -0.15) is 0 Å². The van der Waals surface area contributed by atoms with Crippen molar-refractivity contribution >= 4 is 12.1 Å². The van der Waals surface area contributed by atoms with Crippen LogP contribution in [0.1, 0.15) is 26.7 Å². The van der Waals surface area contributed by atoms with Gasteiger partial charge in [-0.3, -0.25) is 4.99 Å². The molecule has 0 aromatic rings. The molecule has 1 atom stereocenters. The van der Waals surface area contributed by atoms with E-state index in [0.717, 1.165) is 6.54 Å². The molecular weight excluding hydrogens is 162 g/mol. The molecule has 1 unspecified atom stereocenters. The van der Waals surface area contributed by atoms with E-state index in [9.17, 15) is 0 Å². The molecule has 1 fully saturated rings. The van der Waals surface area contributed by atoms with Crippen molar-refractivity contribution in [1.82, 2.24) is 4.90 Å². The number of likely N-dealkylation sites (tertiary alicyclic amines) is 1. The van der Waals surface area contributed by atoms with Crippen molar-refractivity contribution in [1.29, 1.82) is 0 Å². The molecule has 2 rings (SSSR count). The molecular formula is C10H19N3. The average Bonchev–Trinajstić information content (AvgIpc) is 2.50. The van der Waals surface area contributed by atoms with E-state index < -0.39 is 0 Å². The Morgan fingerprint density at radius 1 is 1.46 bits per heavy atom. The smallest absolute Gasteiger partial charge is 0.110 e. The number of fused-ring (bicyclic) bond motifs is 1. The molecule has 0 amide bonds. The Kier molecular flexibility index (Phi) is 4.09. The maximum atomic E-state index is 4.30. The van der Waals surface area contributed by atoms with Crippen LogP contribution in [0, 0.1) is 0 Å². The molecule has 0 aromatic heterocycles. The van der Waals surface area contributed by atoms with Crippen molar-refractivity contribution in [2.45, 2.75) is 32.7 Å². The molecule has 3 heteroatoms. The predicted octanol–water partition coefficient (Wildman–Crippen LogP) is 1.59. The molecule has 1 saturated heterocycles. The van der Waals surface area contributed by atoms with Crippen LogP contribution in [-0.4, -0.2) is 43.1 Å². The molecule has 2 aliphatic heterocycles. The molecule has 74 valence electrons. The number of rotatable bonds is 0. The Labute approximate surface area is 80.6 Å². The van der Waals surface area contributed by atoms with Gasteiger partial charge in [0.1, 0.15) is 6.34 Å². The van der Waals surface area contributed by atoms with Crippen molar-refractivity contribution in [2.24, 2.45) is 9.98 Å². The van der Waals surface area contributed by atoms with Crippen LogP contribution in [0.4, 0.5) is 0 Å². The fourth-order valence-corrected chi connectivity index (χ4v) is 1.66. The largest absolute Gasteiger partial charge is 0.301 e. The number of hydrogen-bond donors (Lipinski definition) is 0. The second-order valence-corrected chi connectivity index (χ2v) is 3.28. The van der Waals surface area contributed by atoms with Crippen LogP contribution in [0.2, 0.25) is 0 Å². The lowest BCUT2D eigenvalue weighted by Gasteiger charge is -2.11. The molecule has 13 heavy (non-hydrogen) atoms. The number of aliphatic imine (C=N–C) groups is 2. The predicted molar refractivity (Wildman–Crippen MR) is 57.8 cm³/mol. The van der Waals surface area contributed by atoms with E-state index in [1.54, 1.807) is 6.34 Å². The Morgan fingerprint density at radius 3 is 3.00 bits per heavy atom. The summed E-state index contributed by atoms with van der Waals surface area (Å²) < 4.78 is 0. The number of nitrogens with zero attached hydrogens (tertiary/aromatic N) is 3. The van der Waals surface area contributed by atoms with E-state index in [0.29, 0.717) is 6.04 Å². The molecule has 0 N–H and O–H groups in total. The van der Waals surface area contributed by atoms with Crippen LogP contribution in [0.5, 0.6) is 0 Å². The van der Waals surface area contributed by atoms with Gasteiger partial charge in [-0.05, 0) is 26.4 Å². The van der Waals surface area contributed by atoms with Crippen LogP contribution in [0.15, 0.2) is 9.98 Å². The summed E-state index contributed by atoms with van der Waals surface area (Å²) in [6.07, 6.45) is 4.14. The lowest BCUT2D eigenvalue weighted by atomic mass is 10.1. The Hall–Kier alpha value is -0.700. The van der Waals surface area contributed by atoms with Crippen molar-refractivity contribution in [3.8, 4) is 0 Å². The van der Waals surface area contributed by atoms with Gasteiger partial charge in [0.2, 0.25) is 0 Å². The van der Waals surface area contributed by atoms with Crippen LogP contribution in [0.25, 0.3) is 0 Å². The molecule has 2 aliphatic rings. The highest BCUT2D eigenvalue weighted by Crippen LogP contribution is 2.13. The van der Waals surface area contributed by atoms with Gasteiger partial charge in [-0.15, -0.1) is 0 Å². The maximum Gasteiger partial charge on any atom is 0.110 e. The van der Waals surface area contributed by atoms with Gasteiger partial charge in [0.05, 0.1) is 11.8 Å². The fourth-order valence-electron chi connectivity index (χ4n) is 1.66. The highest BCUT2D eigenvalue weighted by Gasteiger charge is 2.22. The van der Waals surface area contributed by atoms with Gasteiger partial charge in [0.15, 0.2) is 0 Å². The quantitative estimate of drug-likeness (QED) is 0.557. The van der Waals surface area contributed by atoms with Gasteiger partial charge in [0, 0.05) is 6.54 Å². The SMILES string of the molecule is CC.CN1CCCC2N=CN=C2C1. The monoisotopic (exact) mass is 181 g/mol. The summed E-state index contributed by atoms with van der Waals surface area (Å²) >= 11 is 0. The highest BCUT2D eigenvalue weighted by molar-refractivity contribution is 6.00. The third kappa shape index (κ3) is 2.62. The first-order valence-corrected chi connectivity index (χ1v) is 5.13. The van der Waals surface area contributed by atoms with Gasteiger partial charge < -0.3 is 4.90 Å². The minimum atomic E-state index is 0.417. The summed E-state index contributed by atoms with van der Waals surface area (Å²) in [6.45, 7) is 6.19. The summed E-state index contributed by atoms with van der Waals surface area (Å²) in [6, 6.07) is 0.417. The van der Waals surface area contributed by atoms with Crippen molar-refractivity contribution in [3.05, 3.63) is 0 Å². The zero-order chi connectivity index (χ0) is 9.68. The van der Waals surface area contributed by atoms with E-state index in [1.165, 1.54) is 25.1 Å². The zero-order valence-corrected chi connectivity index (χ0v) is 8.82. The fraction of sp³-hybridized carbons (Fsp3) is 0.800. The Morgan fingerprint density at radius 2 is 2.23 bits per heavy atom. The second kappa shape index (κ2) is 5.12. The first-order chi connectivity index (χ1) is 6.36. The minimum Gasteiger partial charge on any atom is -0.301 e. The third-order valence-corrected chi connectivity index (χ3v) is 2.30. The maximum absolute atomic E-state index is 4.30. The summed E-state index contributed by atoms with van der Waals surface area (Å²) in [5.74, 6) is 0. The van der Waals surface area contributed by atoms with Crippen molar-refractivity contribution in [2.75, 3.05) is 20.1 Å². The summed E-state index contributed by atoms with van der Waals surface area (Å²) in [4.78, 5) is 10.9. The first-order valence-electron chi connectivity index (χ1n) is 5.13. The molecule has 3 nitrogen and oxygen atoms in total. The van der Waals surface area contributed by atoms with E-state index >= 15 is 0 Å². The summed E-state index contributed by atoms with van der Waals surface area (Å²) in [5, 5.41) is 0. The van der Waals surface area contributed by atoms with E-state index in [1.807, 2.05) is 13.8 Å². The molecule has 0 aromatic carbocycles. The molecule has 0 aliphatic carbocycles. The first kappa shape index (κ1) is 10.4. The second-order valence-electron chi connectivity index (χ2n) is 3.28. The normalized spacial score (nSPS) is 27.0. The lowest BCUT2D eigenvalue weighted by Crippen LogP contribution is -2.27. The summed E-state index contributed by atoms with van der Waals surface area (Å²) in [5.41, 5.74) is 1.25. The van der Waals surface area contributed by atoms with Crippen molar-refractivity contribution in [3.63, 3.8) is 0 Å². The van der Waals surface area contributed by atoms with E-state index in [2.05, 4.69) is 21.9 Å².